The molecule has 1 heterocycles. The maximum Gasteiger partial charge on any atom is 0.122 e. The van der Waals surface area contributed by atoms with Crippen molar-refractivity contribution in [2.24, 2.45) is 5.92 Å². The van der Waals surface area contributed by atoms with Gasteiger partial charge in [-0.05, 0) is 37.3 Å². The monoisotopic (exact) mass is 250 g/mol. The Morgan fingerprint density at radius 1 is 1.50 bits per heavy atom. The lowest BCUT2D eigenvalue weighted by Gasteiger charge is -2.16. The summed E-state index contributed by atoms with van der Waals surface area (Å²) in [5, 5.41) is 10.2. The van der Waals surface area contributed by atoms with Crippen LogP contribution in [0, 0.1) is 12.8 Å². The molecule has 0 radical (unpaired) electrons. The minimum Gasteiger partial charge on any atom is -0.496 e. The number of methoxy groups -OCH3 is 1. The maximum atomic E-state index is 10.2. The molecule has 0 aromatic heterocycles. The molecule has 3 nitrogen and oxygen atoms in total. The molecular weight excluding hydrogens is 228 g/mol. The molecule has 0 aliphatic carbocycles. The third-order valence-corrected chi connectivity index (χ3v) is 3.52. The number of benzene rings is 1. The second-order valence-electron chi connectivity index (χ2n) is 5.14. The highest BCUT2D eigenvalue weighted by atomic mass is 16.5. The Morgan fingerprint density at radius 3 is 3.00 bits per heavy atom. The molecule has 3 heteroatoms. The first-order valence-corrected chi connectivity index (χ1v) is 6.58. The van der Waals surface area contributed by atoms with Gasteiger partial charge in [0.25, 0.3) is 0 Å². The number of hydrogen-bond acceptors (Lipinski definition) is 3. The van der Waals surface area contributed by atoms with Gasteiger partial charge in [0.2, 0.25) is 0 Å². The molecule has 1 N–H and O–H groups in total. The van der Waals surface area contributed by atoms with Gasteiger partial charge in [-0.3, -0.25) is 0 Å². The van der Waals surface area contributed by atoms with Crippen LogP contribution in [0.1, 0.15) is 24.0 Å². The van der Waals surface area contributed by atoms with Crippen LogP contribution < -0.4 is 4.74 Å². The Balaban J connectivity index is 1.96. The van der Waals surface area contributed by atoms with Gasteiger partial charge in [0.05, 0.1) is 13.2 Å². The van der Waals surface area contributed by atoms with Crippen molar-refractivity contribution in [2.45, 2.75) is 32.3 Å². The van der Waals surface area contributed by atoms with E-state index in [0.717, 1.165) is 37.4 Å². The fraction of sp³-hybridized carbons (Fsp3) is 0.600. The van der Waals surface area contributed by atoms with Crippen molar-refractivity contribution in [2.75, 3.05) is 20.3 Å². The molecule has 1 aliphatic heterocycles. The van der Waals surface area contributed by atoms with E-state index in [1.165, 1.54) is 5.56 Å². The first-order valence-electron chi connectivity index (χ1n) is 6.58. The molecule has 2 atom stereocenters. The summed E-state index contributed by atoms with van der Waals surface area (Å²) in [5.41, 5.74) is 2.28. The van der Waals surface area contributed by atoms with Crippen LogP contribution in [0.3, 0.4) is 0 Å². The minimum atomic E-state index is -0.313. The summed E-state index contributed by atoms with van der Waals surface area (Å²) in [6.45, 7) is 3.69. The van der Waals surface area contributed by atoms with Crippen LogP contribution in [-0.4, -0.2) is 31.5 Å². The lowest BCUT2D eigenvalue weighted by molar-refractivity contribution is 0.128. The van der Waals surface area contributed by atoms with Crippen molar-refractivity contribution >= 4 is 0 Å². The molecule has 100 valence electrons. The topological polar surface area (TPSA) is 38.7 Å². The SMILES string of the molecule is COc1ccc(C)cc1CC(O)CC1CCOC1. The molecule has 1 aliphatic rings. The first-order chi connectivity index (χ1) is 8.69. The Kier molecular flexibility index (Phi) is 4.61. The molecule has 0 bridgehead atoms. The van der Waals surface area contributed by atoms with Gasteiger partial charge in [0.1, 0.15) is 5.75 Å². The Morgan fingerprint density at radius 2 is 2.33 bits per heavy atom. The highest BCUT2D eigenvalue weighted by Gasteiger charge is 2.20. The second kappa shape index (κ2) is 6.21. The molecule has 1 fully saturated rings. The van der Waals surface area contributed by atoms with E-state index in [-0.39, 0.29) is 6.10 Å². The van der Waals surface area contributed by atoms with Gasteiger partial charge in [-0.1, -0.05) is 17.7 Å². The molecule has 2 unspecified atom stereocenters. The third kappa shape index (κ3) is 3.47. The van der Waals surface area contributed by atoms with Crippen molar-refractivity contribution in [3.63, 3.8) is 0 Å². The number of ether oxygens (including phenoxy) is 2. The molecule has 1 saturated heterocycles. The minimum absolute atomic E-state index is 0.313. The molecule has 1 aromatic carbocycles. The lowest BCUT2D eigenvalue weighted by atomic mass is 9.95. The zero-order valence-corrected chi connectivity index (χ0v) is 11.2. The fourth-order valence-corrected chi connectivity index (χ4v) is 2.56. The van der Waals surface area contributed by atoms with E-state index in [0.29, 0.717) is 12.3 Å². The standard InChI is InChI=1S/C15H22O3/c1-11-3-4-15(17-2)13(7-11)9-14(16)8-12-5-6-18-10-12/h3-4,7,12,14,16H,5-6,8-10H2,1-2H3. The van der Waals surface area contributed by atoms with E-state index in [1.807, 2.05) is 12.1 Å². The molecule has 2 rings (SSSR count). The Hall–Kier alpha value is -1.06. The average Bonchev–Trinajstić information content (AvgIpc) is 2.82. The van der Waals surface area contributed by atoms with Crippen molar-refractivity contribution in [3.05, 3.63) is 29.3 Å². The smallest absolute Gasteiger partial charge is 0.122 e. The second-order valence-corrected chi connectivity index (χ2v) is 5.14. The number of rotatable bonds is 5. The van der Waals surface area contributed by atoms with Crippen molar-refractivity contribution in [1.29, 1.82) is 0 Å². The van der Waals surface area contributed by atoms with Gasteiger partial charge < -0.3 is 14.6 Å². The van der Waals surface area contributed by atoms with E-state index in [9.17, 15) is 5.11 Å². The predicted molar refractivity (Wildman–Crippen MR) is 71.0 cm³/mol. The van der Waals surface area contributed by atoms with Gasteiger partial charge in [-0.15, -0.1) is 0 Å². The molecule has 0 saturated carbocycles. The Labute approximate surface area is 109 Å². The lowest BCUT2D eigenvalue weighted by Crippen LogP contribution is -2.17. The van der Waals surface area contributed by atoms with E-state index >= 15 is 0 Å². The Bertz CT molecular complexity index is 383. The molecule has 1 aromatic rings. The zero-order valence-electron chi connectivity index (χ0n) is 11.2. The van der Waals surface area contributed by atoms with E-state index in [2.05, 4.69) is 13.0 Å². The maximum absolute atomic E-state index is 10.2. The average molecular weight is 250 g/mol. The van der Waals surface area contributed by atoms with Crippen LogP contribution in [-0.2, 0) is 11.2 Å². The number of aliphatic hydroxyl groups excluding tert-OH is 1. The summed E-state index contributed by atoms with van der Waals surface area (Å²) in [6.07, 6.45) is 2.23. The van der Waals surface area contributed by atoms with Crippen LogP contribution in [0.4, 0.5) is 0 Å². The number of aliphatic hydroxyl groups is 1. The van der Waals surface area contributed by atoms with Crippen molar-refractivity contribution in [1.82, 2.24) is 0 Å². The summed E-state index contributed by atoms with van der Waals surface area (Å²) in [4.78, 5) is 0. The molecule has 18 heavy (non-hydrogen) atoms. The molecule has 0 spiro atoms. The van der Waals surface area contributed by atoms with E-state index < -0.39 is 0 Å². The summed E-state index contributed by atoms with van der Waals surface area (Å²) >= 11 is 0. The third-order valence-electron chi connectivity index (χ3n) is 3.52. The number of aryl methyl sites for hydroxylation is 1. The molecular formula is C15H22O3. The van der Waals surface area contributed by atoms with Crippen LogP contribution in [0.2, 0.25) is 0 Å². The van der Waals surface area contributed by atoms with Gasteiger partial charge >= 0.3 is 0 Å². The van der Waals surface area contributed by atoms with Crippen LogP contribution in [0.25, 0.3) is 0 Å². The van der Waals surface area contributed by atoms with Crippen molar-refractivity contribution < 1.29 is 14.6 Å². The summed E-state index contributed by atoms with van der Waals surface area (Å²) < 4.78 is 10.7. The van der Waals surface area contributed by atoms with E-state index in [1.54, 1.807) is 7.11 Å². The van der Waals surface area contributed by atoms with Crippen LogP contribution in [0.5, 0.6) is 5.75 Å². The van der Waals surface area contributed by atoms with Crippen molar-refractivity contribution in [3.8, 4) is 5.75 Å². The number of hydrogen-bond donors (Lipinski definition) is 1. The van der Waals surface area contributed by atoms with Gasteiger partial charge in [0.15, 0.2) is 0 Å². The largest absolute Gasteiger partial charge is 0.496 e. The quantitative estimate of drug-likeness (QED) is 0.871. The highest BCUT2D eigenvalue weighted by Crippen LogP contribution is 2.24. The highest BCUT2D eigenvalue weighted by molar-refractivity contribution is 5.37. The normalized spacial score (nSPS) is 20.9. The first kappa shape index (κ1) is 13.4. The van der Waals surface area contributed by atoms with Gasteiger partial charge in [-0.25, -0.2) is 0 Å². The summed E-state index contributed by atoms with van der Waals surface area (Å²) in [5.74, 6) is 1.37. The summed E-state index contributed by atoms with van der Waals surface area (Å²) in [7, 11) is 1.67. The van der Waals surface area contributed by atoms with E-state index in [4.69, 9.17) is 9.47 Å². The fourth-order valence-electron chi connectivity index (χ4n) is 2.56. The van der Waals surface area contributed by atoms with Crippen LogP contribution in [0.15, 0.2) is 18.2 Å². The van der Waals surface area contributed by atoms with Crippen LogP contribution >= 0.6 is 0 Å². The van der Waals surface area contributed by atoms with Gasteiger partial charge in [0, 0.05) is 19.6 Å². The zero-order chi connectivity index (χ0) is 13.0. The summed E-state index contributed by atoms with van der Waals surface area (Å²) in [6, 6.07) is 6.09. The molecule has 0 amide bonds. The van der Waals surface area contributed by atoms with Gasteiger partial charge in [-0.2, -0.15) is 0 Å². The predicted octanol–water partition coefficient (Wildman–Crippen LogP) is 2.33.